The maximum atomic E-state index is 12.1. The van der Waals surface area contributed by atoms with Gasteiger partial charge in [0.15, 0.2) is 11.6 Å². The predicted molar refractivity (Wildman–Crippen MR) is 109 cm³/mol. The standard InChI is InChI=1S/C20H17N7O/c21-17-18(25-16-9-3-6-13-5-1-2-8-15(13)16)23-12-24-19(17)26-27-20(28)14-7-4-10-22-11-14/h1-12H,21H2,(H,27,28)(H2,23,24,25,26). The van der Waals surface area contributed by atoms with Crippen LogP contribution in [0.3, 0.4) is 0 Å². The van der Waals surface area contributed by atoms with Crippen molar-refractivity contribution in [2.45, 2.75) is 0 Å². The molecule has 1 amide bonds. The molecule has 4 rings (SSSR count). The van der Waals surface area contributed by atoms with Crippen molar-refractivity contribution in [3.05, 3.63) is 78.9 Å². The summed E-state index contributed by atoms with van der Waals surface area (Å²) in [6.07, 6.45) is 4.42. The summed E-state index contributed by atoms with van der Waals surface area (Å²) in [7, 11) is 0. The number of aromatic nitrogens is 3. The predicted octanol–water partition coefficient (Wildman–Crippen LogP) is 3.11. The van der Waals surface area contributed by atoms with Crippen LogP contribution < -0.4 is 21.9 Å². The van der Waals surface area contributed by atoms with Crippen molar-refractivity contribution in [2.75, 3.05) is 16.5 Å². The van der Waals surface area contributed by atoms with Gasteiger partial charge in [0, 0.05) is 23.5 Å². The monoisotopic (exact) mass is 371 g/mol. The van der Waals surface area contributed by atoms with Crippen molar-refractivity contribution in [3.8, 4) is 0 Å². The number of nitrogens with one attached hydrogen (secondary N) is 3. The molecule has 0 atom stereocenters. The van der Waals surface area contributed by atoms with Crippen molar-refractivity contribution >= 4 is 39.7 Å². The third-order valence-corrected chi connectivity index (χ3v) is 4.14. The molecule has 0 saturated carbocycles. The van der Waals surface area contributed by atoms with Gasteiger partial charge < -0.3 is 11.1 Å². The fourth-order valence-electron chi connectivity index (χ4n) is 2.74. The molecule has 2 aromatic carbocycles. The lowest BCUT2D eigenvalue weighted by Gasteiger charge is -2.14. The molecule has 0 saturated heterocycles. The van der Waals surface area contributed by atoms with Crippen molar-refractivity contribution in [1.82, 2.24) is 20.4 Å². The molecule has 2 aromatic heterocycles. The van der Waals surface area contributed by atoms with Gasteiger partial charge in [0.2, 0.25) is 0 Å². The molecule has 138 valence electrons. The Hall–Kier alpha value is -4.20. The first-order valence-corrected chi connectivity index (χ1v) is 8.54. The van der Waals surface area contributed by atoms with Crippen LogP contribution in [0.4, 0.5) is 23.0 Å². The van der Waals surface area contributed by atoms with Crippen LogP contribution in [0.25, 0.3) is 10.8 Å². The van der Waals surface area contributed by atoms with E-state index < -0.39 is 0 Å². The van der Waals surface area contributed by atoms with E-state index in [0.29, 0.717) is 11.4 Å². The second kappa shape index (κ2) is 7.58. The van der Waals surface area contributed by atoms with Gasteiger partial charge in [0.25, 0.3) is 5.91 Å². The number of benzene rings is 2. The van der Waals surface area contributed by atoms with E-state index in [2.05, 4.69) is 31.1 Å². The fraction of sp³-hybridized carbons (Fsp3) is 0. The van der Waals surface area contributed by atoms with E-state index in [-0.39, 0.29) is 17.4 Å². The number of hydrazine groups is 1. The van der Waals surface area contributed by atoms with Gasteiger partial charge in [-0.15, -0.1) is 0 Å². The number of pyridine rings is 1. The summed E-state index contributed by atoms with van der Waals surface area (Å²) < 4.78 is 0. The van der Waals surface area contributed by atoms with Crippen LogP contribution in [-0.4, -0.2) is 20.9 Å². The van der Waals surface area contributed by atoms with Crippen LogP contribution in [0.15, 0.2) is 73.3 Å². The van der Waals surface area contributed by atoms with Gasteiger partial charge >= 0.3 is 0 Å². The maximum Gasteiger partial charge on any atom is 0.271 e. The molecule has 0 unspecified atom stereocenters. The van der Waals surface area contributed by atoms with Crippen LogP contribution >= 0.6 is 0 Å². The molecular formula is C20H17N7O. The summed E-state index contributed by atoms with van der Waals surface area (Å²) in [5, 5.41) is 5.38. The van der Waals surface area contributed by atoms with Gasteiger partial charge in [-0.3, -0.25) is 20.6 Å². The molecule has 0 fully saturated rings. The summed E-state index contributed by atoms with van der Waals surface area (Å²) in [5.41, 5.74) is 13.0. The van der Waals surface area contributed by atoms with Crippen molar-refractivity contribution in [3.63, 3.8) is 0 Å². The Morgan fingerprint density at radius 2 is 1.75 bits per heavy atom. The average molecular weight is 371 g/mol. The molecule has 0 radical (unpaired) electrons. The first kappa shape index (κ1) is 17.2. The fourth-order valence-corrected chi connectivity index (χ4v) is 2.74. The van der Waals surface area contributed by atoms with Gasteiger partial charge in [-0.25, -0.2) is 9.97 Å². The minimum atomic E-state index is -0.352. The Labute approximate surface area is 160 Å². The first-order chi connectivity index (χ1) is 13.7. The number of hydrogen-bond acceptors (Lipinski definition) is 7. The lowest BCUT2D eigenvalue weighted by Crippen LogP contribution is -2.30. The molecule has 0 bridgehead atoms. The molecule has 4 aromatic rings. The lowest BCUT2D eigenvalue weighted by molar-refractivity contribution is 0.0962. The highest BCUT2D eigenvalue weighted by atomic mass is 16.2. The van der Waals surface area contributed by atoms with E-state index in [9.17, 15) is 4.79 Å². The molecular weight excluding hydrogens is 354 g/mol. The molecule has 28 heavy (non-hydrogen) atoms. The number of hydrogen-bond donors (Lipinski definition) is 4. The number of nitrogens with zero attached hydrogens (tertiary/aromatic N) is 3. The van der Waals surface area contributed by atoms with Gasteiger partial charge in [-0.2, -0.15) is 0 Å². The van der Waals surface area contributed by atoms with Crippen LogP contribution in [0.5, 0.6) is 0 Å². The first-order valence-electron chi connectivity index (χ1n) is 8.54. The largest absolute Gasteiger partial charge is 0.393 e. The minimum absolute atomic E-state index is 0.280. The second-order valence-electron chi connectivity index (χ2n) is 5.96. The number of nitrogens with two attached hydrogens (primary N) is 1. The van der Waals surface area contributed by atoms with E-state index in [4.69, 9.17) is 5.73 Å². The third-order valence-electron chi connectivity index (χ3n) is 4.14. The highest BCUT2D eigenvalue weighted by molar-refractivity contribution is 5.97. The van der Waals surface area contributed by atoms with Crippen molar-refractivity contribution < 1.29 is 4.79 Å². The van der Waals surface area contributed by atoms with Gasteiger partial charge in [-0.05, 0) is 23.6 Å². The van der Waals surface area contributed by atoms with E-state index in [1.807, 2.05) is 42.5 Å². The number of amides is 1. The van der Waals surface area contributed by atoms with E-state index in [1.54, 1.807) is 18.3 Å². The molecule has 0 aliphatic heterocycles. The SMILES string of the molecule is Nc1c(NNC(=O)c2cccnc2)ncnc1Nc1cccc2ccccc12. The lowest BCUT2D eigenvalue weighted by atomic mass is 10.1. The average Bonchev–Trinajstić information content (AvgIpc) is 2.75. The molecule has 5 N–H and O–H groups in total. The third kappa shape index (κ3) is 3.51. The van der Waals surface area contributed by atoms with Gasteiger partial charge in [-0.1, -0.05) is 36.4 Å². The zero-order valence-electron chi connectivity index (χ0n) is 14.8. The molecule has 0 aliphatic rings. The van der Waals surface area contributed by atoms with Crippen molar-refractivity contribution in [2.24, 2.45) is 0 Å². The topological polar surface area (TPSA) is 118 Å². The van der Waals surface area contributed by atoms with Crippen LogP contribution in [0.2, 0.25) is 0 Å². The summed E-state index contributed by atoms with van der Waals surface area (Å²) in [6.45, 7) is 0. The Morgan fingerprint density at radius 1 is 0.929 bits per heavy atom. The number of carbonyl (C=O) groups is 1. The number of rotatable bonds is 5. The normalized spacial score (nSPS) is 10.4. The van der Waals surface area contributed by atoms with Gasteiger partial charge in [0.05, 0.1) is 5.56 Å². The number of carbonyl (C=O) groups excluding carboxylic acids is 1. The molecule has 8 heteroatoms. The highest BCUT2D eigenvalue weighted by Gasteiger charge is 2.11. The maximum absolute atomic E-state index is 12.1. The minimum Gasteiger partial charge on any atom is -0.393 e. The zero-order valence-corrected chi connectivity index (χ0v) is 14.8. The second-order valence-corrected chi connectivity index (χ2v) is 5.96. The molecule has 2 heterocycles. The highest BCUT2D eigenvalue weighted by Crippen LogP contribution is 2.29. The Bertz CT molecular complexity index is 1130. The number of anilines is 4. The van der Waals surface area contributed by atoms with Gasteiger partial charge in [0.1, 0.15) is 12.0 Å². The van der Waals surface area contributed by atoms with Crippen molar-refractivity contribution in [1.29, 1.82) is 0 Å². The molecule has 0 spiro atoms. The van der Waals surface area contributed by atoms with E-state index >= 15 is 0 Å². The van der Waals surface area contributed by atoms with Crippen LogP contribution in [-0.2, 0) is 0 Å². The smallest absolute Gasteiger partial charge is 0.271 e. The summed E-state index contributed by atoms with van der Waals surface area (Å²) in [4.78, 5) is 24.4. The van der Waals surface area contributed by atoms with Crippen LogP contribution in [0.1, 0.15) is 10.4 Å². The number of fused-ring (bicyclic) bond motifs is 1. The zero-order chi connectivity index (χ0) is 19.3. The van der Waals surface area contributed by atoms with E-state index in [1.165, 1.54) is 12.5 Å². The van der Waals surface area contributed by atoms with Crippen LogP contribution in [0, 0.1) is 0 Å². The number of nitrogen functional groups attached to an aromatic ring is 1. The Balaban J connectivity index is 1.54. The molecule has 8 nitrogen and oxygen atoms in total. The Kier molecular flexibility index (Phi) is 4.67. The summed E-state index contributed by atoms with van der Waals surface area (Å²) >= 11 is 0. The molecule has 0 aliphatic carbocycles. The summed E-state index contributed by atoms with van der Waals surface area (Å²) in [6, 6.07) is 17.3. The Morgan fingerprint density at radius 3 is 2.61 bits per heavy atom. The quantitative estimate of drug-likeness (QED) is 0.398. The van der Waals surface area contributed by atoms with E-state index in [0.717, 1.165) is 16.5 Å². The summed E-state index contributed by atoms with van der Waals surface area (Å²) in [5.74, 6) is 0.370.